The van der Waals surface area contributed by atoms with Gasteiger partial charge in [0.2, 0.25) is 0 Å². The lowest BCUT2D eigenvalue weighted by molar-refractivity contribution is 0.0804. The highest BCUT2D eigenvalue weighted by Crippen LogP contribution is 2.29. The van der Waals surface area contributed by atoms with Gasteiger partial charge in [-0.3, -0.25) is 9.58 Å². The van der Waals surface area contributed by atoms with Crippen LogP contribution in [-0.2, 0) is 11.3 Å². The Morgan fingerprint density at radius 1 is 1.47 bits per heavy atom. The molecule has 1 aromatic rings. The van der Waals surface area contributed by atoms with Crippen LogP contribution in [0.4, 0.5) is 0 Å². The minimum absolute atomic E-state index is 0.193. The standard InChI is InChI=1S/C14H26N4O/c1-3-8-18-13(6-7-16-18)14-12(15)5-4-9-17(14)10-11-19-2/h6-7,12,14H,3-5,8-11,15H2,1-2H3. The summed E-state index contributed by atoms with van der Waals surface area (Å²) < 4.78 is 7.33. The molecule has 108 valence electrons. The molecular formula is C14H26N4O. The fourth-order valence-electron chi connectivity index (χ4n) is 2.96. The van der Waals surface area contributed by atoms with Crippen LogP contribution in [0, 0.1) is 0 Å². The van der Waals surface area contributed by atoms with Crippen LogP contribution in [0.15, 0.2) is 12.3 Å². The zero-order valence-corrected chi connectivity index (χ0v) is 12.1. The maximum atomic E-state index is 6.37. The lowest BCUT2D eigenvalue weighted by Gasteiger charge is -2.39. The third-order valence-electron chi connectivity index (χ3n) is 3.85. The van der Waals surface area contributed by atoms with E-state index in [-0.39, 0.29) is 12.1 Å². The van der Waals surface area contributed by atoms with Crippen LogP contribution < -0.4 is 5.73 Å². The molecule has 1 aliphatic heterocycles. The first kappa shape index (κ1) is 14.5. The Bertz CT molecular complexity index is 379. The van der Waals surface area contributed by atoms with E-state index in [0.29, 0.717) is 0 Å². The molecule has 2 heterocycles. The Kier molecular flexibility index (Phi) is 5.36. The van der Waals surface area contributed by atoms with Crippen LogP contribution in [0.3, 0.4) is 0 Å². The van der Waals surface area contributed by atoms with Crippen molar-refractivity contribution >= 4 is 0 Å². The van der Waals surface area contributed by atoms with Crippen LogP contribution in [0.2, 0.25) is 0 Å². The molecule has 2 unspecified atom stereocenters. The maximum Gasteiger partial charge on any atom is 0.0671 e. The summed E-state index contributed by atoms with van der Waals surface area (Å²) in [6, 6.07) is 2.58. The number of aromatic nitrogens is 2. The average molecular weight is 266 g/mol. The number of aryl methyl sites for hydroxylation is 1. The predicted molar refractivity (Wildman–Crippen MR) is 75.9 cm³/mol. The number of nitrogens with two attached hydrogens (primary N) is 1. The van der Waals surface area contributed by atoms with Gasteiger partial charge in [0.05, 0.1) is 18.3 Å². The normalized spacial score (nSPS) is 24.8. The predicted octanol–water partition coefficient (Wildman–Crippen LogP) is 1.40. The molecule has 0 saturated carbocycles. The molecule has 0 aromatic carbocycles. The monoisotopic (exact) mass is 266 g/mol. The molecule has 1 saturated heterocycles. The second-order valence-corrected chi connectivity index (χ2v) is 5.26. The van der Waals surface area contributed by atoms with Crippen molar-refractivity contribution in [2.45, 2.75) is 44.8 Å². The first-order valence-electron chi connectivity index (χ1n) is 7.28. The smallest absolute Gasteiger partial charge is 0.0671 e. The van der Waals surface area contributed by atoms with Crippen molar-refractivity contribution in [1.29, 1.82) is 0 Å². The second-order valence-electron chi connectivity index (χ2n) is 5.26. The Hall–Kier alpha value is -0.910. The summed E-state index contributed by atoms with van der Waals surface area (Å²) in [5.74, 6) is 0. The number of hydrogen-bond donors (Lipinski definition) is 1. The number of nitrogens with zero attached hydrogens (tertiary/aromatic N) is 3. The molecule has 0 aliphatic carbocycles. The molecule has 5 heteroatoms. The number of piperidine rings is 1. The fraction of sp³-hybridized carbons (Fsp3) is 0.786. The van der Waals surface area contributed by atoms with E-state index in [4.69, 9.17) is 10.5 Å². The Morgan fingerprint density at radius 3 is 3.05 bits per heavy atom. The van der Waals surface area contributed by atoms with Crippen molar-refractivity contribution in [3.63, 3.8) is 0 Å². The van der Waals surface area contributed by atoms with E-state index in [1.54, 1.807) is 7.11 Å². The Labute approximate surface area is 115 Å². The van der Waals surface area contributed by atoms with Gasteiger partial charge in [0.1, 0.15) is 0 Å². The molecule has 2 rings (SSSR count). The quantitative estimate of drug-likeness (QED) is 0.845. The lowest BCUT2D eigenvalue weighted by atomic mass is 9.94. The van der Waals surface area contributed by atoms with Crippen molar-refractivity contribution < 1.29 is 4.74 Å². The van der Waals surface area contributed by atoms with Gasteiger partial charge in [-0.15, -0.1) is 0 Å². The Morgan fingerprint density at radius 2 is 2.32 bits per heavy atom. The van der Waals surface area contributed by atoms with E-state index in [2.05, 4.69) is 27.7 Å². The van der Waals surface area contributed by atoms with Gasteiger partial charge in [0, 0.05) is 32.4 Å². The van der Waals surface area contributed by atoms with Gasteiger partial charge in [0.25, 0.3) is 0 Å². The average Bonchev–Trinajstić information content (AvgIpc) is 2.85. The van der Waals surface area contributed by atoms with Crippen molar-refractivity contribution in [2.75, 3.05) is 26.8 Å². The van der Waals surface area contributed by atoms with Crippen LogP contribution in [-0.4, -0.2) is 47.5 Å². The molecule has 0 radical (unpaired) electrons. The maximum absolute atomic E-state index is 6.37. The van der Waals surface area contributed by atoms with E-state index in [0.717, 1.165) is 39.1 Å². The van der Waals surface area contributed by atoms with Gasteiger partial charge in [-0.25, -0.2) is 0 Å². The second kappa shape index (κ2) is 7.03. The number of methoxy groups -OCH3 is 1. The van der Waals surface area contributed by atoms with Crippen LogP contribution >= 0.6 is 0 Å². The summed E-state index contributed by atoms with van der Waals surface area (Å²) in [5.41, 5.74) is 7.63. The first-order valence-corrected chi connectivity index (χ1v) is 7.28. The van der Waals surface area contributed by atoms with Crippen molar-refractivity contribution in [1.82, 2.24) is 14.7 Å². The molecule has 0 bridgehead atoms. The Balaban J connectivity index is 2.17. The molecule has 0 amide bonds. The third kappa shape index (κ3) is 3.35. The molecule has 19 heavy (non-hydrogen) atoms. The van der Waals surface area contributed by atoms with E-state index >= 15 is 0 Å². The van der Waals surface area contributed by atoms with Gasteiger partial charge < -0.3 is 10.5 Å². The minimum atomic E-state index is 0.193. The molecular weight excluding hydrogens is 240 g/mol. The lowest BCUT2D eigenvalue weighted by Crippen LogP contribution is -2.47. The molecule has 1 aromatic heterocycles. The highest BCUT2D eigenvalue weighted by Gasteiger charge is 2.32. The zero-order chi connectivity index (χ0) is 13.7. The molecule has 1 fully saturated rings. The van der Waals surface area contributed by atoms with Crippen LogP contribution in [0.5, 0.6) is 0 Å². The van der Waals surface area contributed by atoms with Crippen LogP contribution in [0.25, 0.3) is 0 Å². The highest BCUT2D eigenvalue weighted by molar-refractivity contribution is 5.12. The summed E-state index contributed by atoms with van der Waals surface area (Å²) in [4.78, 5) is 2.45. The number of likely N-dealkylation sites (tertiary alicyclic amines) is 1. The summed E-state index contributed by atoms with van der Waals surface area (Å²) in [5, 5.41) is 4.43. The summed E-state index contributed by atoms with van der Waals surface area (Å²) in [6.45, 7) is 5.93. The molecule has 2 atom stereocenters. The van der Waals surface area contributed by atoms with E-state index in [1.807, 2.05) is 6.20 Å². The summed E-state index contributed by atoms with van der Waals surface area (Å²) in [7, 11) is 1.75. The molecule has 1 aliphatic rings. The molecule has 5 nitrogen and oxygen atoms in total. The number of rotatable bonds is 6. The highest BCUT2D eigenvalue weighted by atomic mass is 16.5. The van der Waals surface area contributed by atoms with Gasteiger partial charge in [-0.1, -0.05) is 6.92 Å². The van der Waals surface area contributed by atoms with E-state index in [1.165, 1.54) is 12.1 Å². The van der Waals surface area contributed by atoms with E-state index < -0.39 is 0 Å². The zero-order valence-electron chi connectivity index (χ0n) is 12.1. The molecule has 0 spiro atoms. The first-order chi connectivity index (χ1) is 9.27. The van der Waals surface area contributed by atoms with Crippen LogP contribution in [0.1, 0.15) is 37.9 Å². The van der Waals surface area contributed by atoms with Crippen molar-refractivity contribution in [2.24, 2.45) is 5.73 Å². The van der Waals surface area contributed by atoms with Gasteiger partial charge in [0.15, 0.2) is 0 Å². The number of hydrogen-bond acceptors (Lipinski definition) is 4. The van der Waals surface area contributed by atoms with Gasteiger partial charge in [-0.05, 0) is 31.9 Å². The van der Waals surface area contributed by atoms with Crippen molar-refractivity contribution in [3.8, 4) is 0 Å². The van der Waals surface area contributed by atoms with E-state index in [9.17, 15) is 0 Å². The fourth-order valence-corrected chi connectivity index (χ4v) is 2.96. The molecule has 2 N–H and O–H groups in total. The third-order valence-corrected chi connectivity index (χ3v) is 3.85. The summed E-state index contributed by atoms with van der Waals surface area (Å²) in [6.07, 6.45) is 5.24. The van der Waals surface area contributed by atoms with Gasteiger partial charge >= 0.3 is 0 Å². The largest absolute Gasteiger partial charge is 0.383 e. The summed E-state index contributed by atoms with van der Waals surface area (Å²) >= 11 is 0. The SMILES string of the molecule is CCCn1nccc1C1C(N)CCCN1CCOC. The number of ether oxygens (including phenoxy) is 1. The minimum Gasteiger partial charge on any atom is -0.383 e. The topological polar surface area (TPSA) is 56.3 Å². The van der Waals surface area contributed by atoms with Crippen molar-refractivity contribution in [3.05, 3.63) is 18.0 Å². The van der Waals surface area contributed by atoms with Gasteiger partial charge in [-0.2, -0.15) is 5.10 Å².